The molecule has 2 unspecified atom stereocenters. The number of nitrogens with one attached hydrogen (secondary N) is 1. The zero-order valence-corrected chi connectivity index (χ0v) is 16.2. The highest BCUT2D eigenvalue weighted by Crippen LogP contribution is 2.64. The van der Waals surface area contributed by atoms with Crippen LogP contribution >= 0.6 is 0 Å². The monoisotopic (exact) mass is 381 g/mol. The van der Waals surface area contributed by atoms with Crippen LogP contribution in [0, 0.1) is 22.7 Å². The molecule has 0 aliphatic heterocycles. The number of anilines is 1. The lowest BCUT2D eigenvalue weighted by molar-refractivity contribution is -0.136. The zero-order valence-electron chi connectivity index (χ0n) is 16.2. The number of para-hydroxylation sites is 1. The van der Waals surface area contributed by atoms with Crippen LogP contribution in [0.25, 0.3) is 0 Å². The minimum atomic E-state index is -0.577. The average molecular weight is 381 g/mol. The van der Waals surface area contributed by atoms with E-state index in [2.05, 4.69) is 18.0 Å². The third-order valence-corrected chi connectivity index (χ3v) is 7.36. The van der Waals surface area contributed by atoms with Gasteiger partial charge in [-0.2, -0.15) is 0 Å². The summed E-state index contributed by atoms with van der Waals surface area (Å²) in [6, 6.07) is 4.31. The molecule has 0 radical (unpaired) electrons. The van der Waals surface area contributed by atoms with Gasteiger partial charge in [-0.05, 0) is 67.6 Å². The Morgan fingerprint density at radius 3 is 2.71 bits per heavy atom. The van der Waals surface area contributed by atoms with Crippen molar-refractivity contribution in [3.63, 3.8) is 0 Å². The molecule has 4 atom stereocenters. The standard InChI is InChI=1S/C23H27NO4/c1-14-13-23-10-6-15(14)12-18(23)22(2,19(27)7-11-23)9-8-20(28)24-21-16(25)4-3-5-17(21)26/h3-5,7,11,15,18,25-26H,1,6,8-10,12-13H2,2H3,(H,24,28)/t15?,18?,22-,23+/m0/s1. The van der Waals surface area contributed by atoms with E-state index in [1.165, 1.54) is 23.8 Å². The van der Waals surface area contributed by atoms with Gasteiger partial charge in [0, 0.05) is 11.8 Å². The quantitative estimate of drug-likeness (QED) is 0.535. The second-order valence-electron chi connectivity index (χ2n) is 8.93. The highest BCUT2D eigenvalue weighted by molar-refractivity contribution is 5.98. The van der Waals surface area contributed by atoms with Gasteiger partial charge in [0.1, 0.15) is 17.2 Å². The van der Waals surface area contributed by atoms with Gasteiger partial charge in [-0.3, -0.25) is 9.59 Å². The molecule has 4 aliphatic carbocycles. The van der Waals surface area contributed by atoms with Crippen molar-refractivity contribution in [1.29, 1.82) is 0 Å². The number of amides is 1. The van der Waals surface area contributed by atoms with Crippen LogP contribution in [0.5, 0.6) is 11.5 Å². The number of phenolic OH excluding ortho intramolecular Hbond substituents is 2. The van der Waals surface area contributed by atoms with E-state index >= 15 is 0 Å². The van der Waals surface area contributed by atoms with E-state index in [-0.39, 0.29) is 46.6 Å². The van der Waals surface area contributed by atoms with Crippen molar-refractivity contribution in [2.45, 2.75) is 45.4 Å². The van der Waals surface area contributed by atoms with E-state index in [9.17, 15) is 19.8 Å². The van der Waals surface area contributed by atoms with Gasteiger partial charge in [0.25, 0.3) is 0 Å². The van der Waals surface area contributed by atoms with Crippen LogP contribution in [-0.2, 0) is 9.59 Å². The number of aromatic hydroxyl groups is 2. The lowest BCUT2D eigenvalue weighted by atomic mass is 9.44. The number of allylic oxidation sites excluding steroid dienone is 3. The van der Waals surface area contributed by atoms with Gasteiger partial charge in [0.05, 0.1) is 0 Å². The molecule has 1 spiro atoms. The highest BCUT2D eigenvalue weighted by Gasteiger charge is 2.58. The van der Waals surface area contributed by atoms with Crippen LogP contribution in [0.15, 0.2) is 42.5 Å². The van der Waals surface area contributed by atoms with Crippen LogP contribution in [0.1, 0.15) is 45.4 Å². The largest absolute Gasteiger partial charge is 0.506 e. The van der Waals surface area contributed by atoms with Crippen molar-refractivity contribution in [1.82, 2.24) is 0 Å². The van der Waals surface area contributed by atoms with Crippen molar-refractivity contribution in [2.75, 3.05) is 5.32 Å². The molecule has 28 heavy (non-hydrogen) atoms. The van der Waals surface area contributed by atoms with Crippen molar-refractivity contribution < 1.29 is 19.8 Å². The SMILES string of the molecule is C=C1C[C@@]23C=CC(=O)[C@@](C)(CCC(=O)Nc4c(O)cccc4O)C2CC1CC3. The summed E-state index contributed by atoms with van der Waals surface area (Å²) in [7, 11) is 0. The maximum atomic E-state index is 12.9. The Bertz CT molecular complexity index is 868. The second-order valence-corrected chi connectivity index (χ2v) is 8.93. The molecule has 5 rings (SSSR count). The fourth-order valence-corrected chi connectivity index (χ4v) is 5.69. The number of fused-ring (bicyclic) bond motifs is 2. The molecule has 1 amide bonds. The molecule has 2 bridgehead atoms. The summed E-state index contributed by atoms with van der Waals surface area (Å²) >= 11 is 0. The third kappa shape index (κ3) is 2.84. The Balaban J connectivity index is 1.51. The van der Waals surface area contributed by atoms with Crippen molar-refractivity contribution >= 4 is 17.4 Å². The van der Waals surface area contributed by atoms with E-state index in [1.807, 2.05) is 6.92 Å². The average Bonchev–Trinajstić information content (AvgIpc) is 2.67. The molecular weight excluding hydrogens is 354 g/mol. The van der Waals surface area contributed by atoms with Crippen LogP contribution in [0.4, 0.5) is 5.69 Å². The Labute approximate surface area is 165 Å². The summed E-state index contributed by atoms with van der Waals surface area (Å²) in [5.41, 5.74) is 0.737. The predicted octanol–water partition coefficient (Wildman–Crippen LogP) is 4.32. The summed E-state index contributed by atoms with van der Waals surface area (Å²) in [6.45, 7) is 6.26. The normalized spacial score (nSPS) is 33.6. The maximum Gasteiger partial charge on any atom is 0.224 e. The first-order valence-electron chi connectivity index (χ1n) is 9.97. The van der Waals surface area contributed by atoms with E-state index in [0.717, 1.165) is 25.7 Å². The second kappa shape index (κ2) is 6.50. The summed E-state index contributed by atoms with van der Waals surface area (Å²) in [6.07, 6.45) is 8.57. The first-order chi connectivity index (χ1) is 13.2. The number of carbonyl (C=O) groups is 2. The first-order valence-corrected chi connectivity index (χ1v) is 9.97. The van der Waals surface area contributed by atoms with Crippen LogP contribution < -0.4 is 5.32 Å². The van der Waals surface area contributed by atoms with Gasteiger partial charge in [-0.15, -0.1) is 0 Å². The molecular formula is C23H27NO4. The number of carbonyl (C=O) groups excluding carboxylic acids is 2. The fourth-order valence-electron chi connectivity index (χ4n) is 5.69. The molecule has 148 valence electrons. The van der Waals surface area contributed by atoms with Gasteiger partial charge in [0.2, 0.25) is 5.91 Å². The molecule has 5 heteroatoms. The van der Waals surface area contributed by atoms with Crippen molar-refractivity contribution in [3.05, 3.63) is 42.5 Å². The molecule has 4 aliphatic rings. The van der Waals surface area contributed by atoms with Gasteiger partial charge < -0.3 is 15.5 Å². The smallest absolute Gasteiger partial charge is 0.224 e. The minimum absolute atomic E-state index is 0.000928. The molecule has 0 heterocycles. The Morgan fingerprint density at radius 2 is 2.04 bits per heavy atom. The van der Waals surface area contributed by atoms with Gasteiger partial charge in [-0.1, -0.05) is 31.2 Å². The minimum Gasteiger partial charge on any atom is -0.506 e. The Morgan fingerprint density at radius 1 is 1.32 bits per heavy atom. The van der Waals surface area contributed by atoms with Crippen LogP contribution in [0.2, 0.25) is 0 Å². The summed E-state index contributed by atoms with van der Waals surface area (Å²) < 4.78 is 0. The van der Waals surface area contributed by atoms with Crippen molar-refractivity contribution in [3.8, 4) is 11.5 Å². The number of hydrogen-bond donors (Lipinski definition) is 3. The molecule has 1 aromatic rings. The number of benzene rings is 1. The molecule has 0 saturated heterocycles. The Kier molecular flexibility index (Phi) is 4.36. The fraction of sp³-hybridized carbons (Fsp3) is 0.478. The molecule has 3 saturated carbocycles. The number of phenols is 2. The van der Waals surface area contributed by atoms with E-state index in [4.69, 9.17) is 0 Å². The van der Waals surface area contributed by atoms with Gasteiger partial charge in [0.15, 0.2) is 5.78 Å². The number of hydrogen-bond acceptors (Lipinski definition) is 4. The highest BCUT2D eigenvalue weighted by atomic mass is 16.3. The molecule has 1 aromatic carbocycles. The van der Waals surface area contributed by atoms with Crippen molar-refractivity contribution in [2.24, 2.45) is 22.7 Å². The summed E-state index contributed by atoms with van der Waals surface area (Å²) in [4.78, 5) is 25.4. The van der Waals surface area contributed by atoms with E-state index in [0.29, 0.717) is 12.3 Å². The topological polar surface area (TPSA) is 86.6 Å². The van der Waals surface area contributed by atoms with E-state index in [1.54, 1.807) is 6.08 Å². The first kappa shape index (κ1) is 18.8. The number of ketones is 1. The Hall–Kier alpha value is -2.56. The predicted molar refractivity (Wildman–Crippen MR) is 107 cm³/mol. The molecule has 0 aromatic heterocycles. The number of rotatable bonds is 4. The summed E-state index contributed by atoms with van der Waals surface area (Å²) in [5, 5.41) is 22.3. The molecule has 3 N–H and O–H groups in total. The van der Waals surface area contributed by atoms with Gasteiger partial charge >= 0.3 is 0 Å². The van der Waals surface area contributed by atoms with Crippen LogP contribution in [0.3, 0.4) is 0 Å². The summed E-state index contributed by atoms with van der Waals surface area (Å²) in [5.74, 6) is 0.126. The van der Waals surface area contributed by atoms with Crippen LogP contribution in [-0.4, -0.2) is 21.9 Å². The maximum absolute atomic E-state index is 12.9. The van der Waals surface area contributed by atoms with E-state index < -0.39 is 5.41 Å². The van der Waals surface area contributed by atoms with Gasteiger partial charge in [-0.25, -0.2) is 0 Å². The molecule has 5 nitrogen and oxygen atoms in total. The zero-order chi connectivity index (χ0) is 20.1. The third-order valence-electron chi connectivity index (χ3n) is 7.36. The molecule has 3 fully saturated rings. The lowest BCUT2D eigenvalue weighted by Crippen LogP contribution is -2.54. The lowest BCUT2D eigenvalue weighted by Gasteiger charge is -2.59.